The van der Waals surface area contributed by atoms with Gasteiger partial charge in [0.2, 0.25) is 0 Å². The standard InChI is InChI=1S/C19H30N2/c1-15(2)19(16-8-4-3-5-9-16)21-13-7-10-17(14-21)18-11-6-12-20-18/h3-5,8-9,15,17-20H,6-7,10-14H2,1-2H3. The first-order valence-electron chi connectivity index (χ1n) is 8.78. The third kappa shape index (κ3) is 3.49. The quantitative estimate of drug-likeness (QED) is 0.904. The molecule has 0 amide bonds. The molecule has 2 aliphatic rings. The van der Waals surface area contributed by atoms with E-state index in [0.29, 0.717) is 12.0 Å². The Balaban J connectivity index is 1.73. The van der Waals surface area contributed by atoms with E-state index in [-0.39, 0.29) is 0 Å². The molecule has 0 radical (unpaired) electrons. The molecule has 116 valence electrons. The zero-order valence-electron chi connectivity index (χ0n) is 13.6. The summed E-state index contributed by atoms with van der Waals surface area (Å²) < 4.78 is 0. The van der Waals surface area contributed by atoms with Crippen LogP contribution >= 0.6 is 0 Å². The van der Waals surface area contributed by atoms with Gasteiger partial charge in [-0.05, 0) is 56.2 Å². The number of nitrogens with zero attached hydrogens (tertiary/aromatic N) is 1. The maximum Gasteiger partial charge on any atom is 0.0371 e. The molecule has 2 aliphatic heterocycles. The monoisotopic (exact) mass is 286 g/mol. The normalized spacial score (nSPS) is 28.9. The van der Waals surface area contributed by atoms with E-state index in [4.69, 9.17) is 0 Å². The molecule has 0 saturated carbocycles. The van der Waals surface area contributed by atoms with Crippen molar-refractivity contribution in [3.05, 3.63) is 35.9 Å². The van der Waals surface area contributed by atoms with E-state index in [1.54, 1.807) is 0 Å². The second-order valence-corrected chi connectivity index (χ2v) is 7.20. The lowest BCUT2D eigenvalue weighted by molar-refractivity contribution is 0.0832. The maximum absolute atomic E-state index is 3.73. The van der Waals surface area contributed by atoms with E-state index in [0.717, 1.165) is 12.0 Å². The van der Waals surface area contributed by atoms with Crippen molar-refractivity contribution in [3.8, 4) is 0 Å². The predicted molar refractivity (Wildman–Crippen MR) is 89.3 cm³/mol. The van der Waals surface area contributed by atoms with E-state index in [2.05, 4.69) is 54.4 Å². The van der Waals surface area contributed by atoms with Gasteiger partial charge in [0, 0.05) is 18.6 Å². The first kappa shape index (κ1) is 15.1. The van der Waals surface area contributed by atoms with Gasteiger partial charge < -0.3 is 5.32 Å². The molecule has 3 atom stereocenters. The molecule has 1 N–H and O–H groups in total. The van der Waals surface area contributed by atoms with E-state index in [1.165, 1.54) is 50.9 Å². The second kappa shape index (κ2) is 6.93. The lowest BCUT2D eigenvalue weighted by atomic mass is 9.86. The van der Waals surface area contributed by atoms with Crippen LogP contribution in [0, 0.1) is 11.8 Å². The third-order valence-corrected chi connectivity index (χ3v) is 5.32. The summed E-state index contributed by atoms with van der Waals surface area (Å²) >= 11 is 0. The Labute approximate surface area is 129 Å². The second-order valence-electron chi connectivity index (χ2n) is 7.20. The number of piperidine rings is 1. The molecule has 1 aromatic carbocycles. The van der Waals surface area contributed by atoms with E-state index >= 15 is 0 Å². The smallest absolute Gasteiger partial charge is 0.0371 e. The van der Waals surface area contributed by atoms with Gasteiger partial charge in [-0.3, -0.25) is 4.90 Å². The van der Waals surface area contributed by atoms with Gasteiger partial charge >= 0.3 is 0 Å². The Morgan fingerprint density at radius 2 is 1.90 bits per heavy atom. The molecule has 2 saturated heterocycles. The Kier molecular flexibility index (Phi) is 4.97. The van der Waals surface area contributed by atoms with E-state index in [1.807, 2.05) is 0 Å². The predicted octanol–water partition coefficient (Wildman–Crippen LogP) is 3.85. The van der Waals surface area contributed by atoms with Crippen LogP contribution in [-0.2, 0) is 0 Å². The number of rotatable bonds is 4. The molecule has 1 aromatic rings. The number of hydrogen-bond acceptors (Lipinski definition) is 2. The number of benzene rings is 1. The van der Waals surface area contributed by atoms with Crippen molar-refractivity contribution >= 4 is 0 Å². The van der Waals surface area contributed by atoms with Crippen molar-refractivity contribution in [2.24, 2.45) is 11.8 Å². The highest BCUT2D eigenvalue weighted by atomic mass is 15.2. The summed E-state index contributed by atoms with van der Waals surface area (Å²) in [7, 11) is 0. The van der Waals surface area contributed by atoms with Gasteiger partial charge in [-0.2, -0.15) is 0 Å². The molecule has 2 fully saturated rings. The summed E-state index contributed by atoms with van der Waals surface area (Å²) in [5.74, 6) is 1.52. The fourth-order valence-corrected chi connectivity index (χ4v) is 4.40. The Morgan fingerprint density at radius 3 is 2.57 bits per heavy atom. The fraction of sp³-hybridized carbons (Fsp3) is 0.684. The van der Waals surface area contributed by atoms with Gasteiger partial charge in [-0.1, -0.05) is 44.2 Å². The van der Waals surface area contributed by atoms with Gasteiger partial charge in [-0.15, -0.1) is 0 Å². The van der Waals surface area contributed by atoms with Crippen LogP contribution in [0.2, 0.25) is 0 Å². The topological polar surface area (TPSA) is 15.3 Å². The van der Waals surface area contributed by atoms with Gasteiger partial charge in [0.25, 0.3) is 0 Å². The lowest BCUT2D eigenvalue weighted by Crippen LogP contribution is -2.45. The molecule has 2 heterocycles. The summed E-state index contributed by atoms with van der Waals surface area (Å²) in [4.78, 5) is 2.76. The van der Waals surface area contributed by atoms with Crippen molar-refractivity contribution < 1.29 is 0 Å². The van der Waals surface area contributed by atoms with E-state index in [9.17, 15) is 0 Å². The lowest BCUT2D eigenvalue weighted by Gasteiger charge is -2.42. The van der Waals surface area contributed by atoms with Gasteiger partial charge in [0.1, 0.15) is 0 Å². The summed E-state index contributed by atoms with van der Waals surface area (Å²) in [6.45, 7) is 8.51. The summed E-state index contributed by atoms with van der Waals surface area (Å²) in [6.07, 6.45) is 5.52. The molecule has 0 bridgehead atoms. The van der Waals surface area contributed by atoms with Crippen molar-refractivity contribution in [2.45, 2.75) is 51.6 Å². The minimum atomic E-state index is 0.579. The van der Waals surface area contributed by atoms with Crippen LogP contribution in [0.25, 0.3) is 0 Å². The minimum absolute atomic E-state index is 0.579. The van der Waals surface area contributed by atoms with Gasteiger partial charge in [0.05, 0.1) is 0 Å². The molecular formula is C19H30N2. The van der Waals surface area contributed by atoms with Crippen molar-refractivity contribution in [1.82, 2.24) is 10.2 Å². The molecule has 0 aromatic heterocycles. The van der Waals surface area contributed by atoms with Gasteiger partial charge in [-0.25, -0.2) is 0 Å². The van der Waals surface area contributed by atoms with Gasteiger partial charge in [0.15, 0.2) is 0 Å². The van der Waals surface area contributed by atoms with Crippen molar-refractivity contribution in [1.29, 1.82) is 0 Å². The molecule has 0 aliphatic carbocycles. The first-order valence-corrected chi connectivity index (χ1v) is 8.78. The SMILES string of the molecule is CC(C)C(c1ccccc1)N1CCCC(C2CCCN2)C1. The van der Waals surface area contributed by atoms with Crippen LogP contribution in [0.4, 0.5) is 0 Å². The third-order valence-electron chi connectivity index (χ3n) is 5.32. The molecule has 2 heteroatoms. The zero-order valence-corrected chi connectivity index (χ0v) is 13.6. The average molecular weight is 286 g/mol. The number of hydrogen-bond donors (Lipinski definition) is 1. The van der Waals surface area contributed by atoms with Crippen molar-refractivity contribution in [3.63, 3.8) is 0 Å². The zero-order chi connectivity index (χ0) is 14.7. The van der Waals surface area contributed by atoms with Crippen LogP contribution in [0.1, 0.15) is 51.1 Å². The number of likely N-dealkylation sites (tertiary alicyclic amines) is 1. The molecule has 21 heavy (non-hydrogen) atoms. The fourth-order valence-electron chi connectivity index (χ4n) is 4.40. The highest BCUT2D eigenvalue weighted by Crippen LogP contribution is 2.34. The summed E-state index contributed by atoms with van der Waals surface area (Å²) in [5, 5.41) is 3.73. The molecular weight excluding hydrogens is 256 g/mol. The first-order chi connectivity index (χ1) is 10.3. The Bertz CT molecular complexity index is 422. The molecule has 3 unspecified atom stereocenters. The van der Waals surface area contributed by atoms with Crippen LogP contribution in [-0.4, -0.2) is 30.6 Å². The number of nitrogens with one attached hydrogen (secondary N) is 1. The molecule has 3 rings (SSSR count). The Morgan fingerprint density at radius 1 is 1.10 bits per heavy atom. The van der Waals surface area contributed by atoms with Crippen LogP contribution in [0.15, 0.2) is 30.3 Å². The largest absolute Gasteiger partial charge is 0.314 e. The van der Waals surface area contributed by atoms with E-state index < -0.39 is 0 Å². The van der Waals surface area contributed by atoms with Crippen LogP contribution in [0.5, 0.6) is 0 Å². The molecule has 2 nitrogen and oxygen atoms in total. The average Bonchev–Trinajstić information content (AvgIpc) is 3.03. The summed E-state index contributed by atoms with van der Waals surface area (Å²) in [6, 6.07) is 12.5. The highest BCUT2D eigenvalue weighted by molar-refractivity contribution is 5.20. The van der Waals surface area contributed by atoms with Crippen molar-refractivity contribution in [2.75, 3.05) is 19.6 Å². The van der Waals surface area contributed by atoms with Crippen LogP contribution in [0.3, 0.4) is 0 Å². The maximum atomic E-state index is 3.73. The summed E-state index contributed by atoms with van der Waals surface area (Å²) in [5.41, 5.74) is 1.49. The minimum Gasteiger partial charge on any atom is -0.314 e. The highest BCUT2D eigenvalue weighted by Gasteiger charge is 2.33. The molecule has 0 spiro atoms. The van der Waals surface area contributed by atoms with Crippen LogP contribution < -0.4 is 5.32 Å². The Hall–Kier alpha value is -0.860.